The smallest absolute Gasteiger partial charge is 0.321 e. The maximum atomic E-state index is 12.6. The summed E-state index contributed by atoms with van der Waals surface area (Å²) >= 11 is 0. The van der Waals surface area contributed by atoms with Crippen molar-refractivity contribution in [1.82, 2.24) is 10.2 Å². The molecule has 1 saturated heterocycles. The van der Waals surface area contributed by atoms with Crippen LogP contribution >= 0.6 is 0 Å². The first-order chi connectivity index (χ1) is 15.9. The maximum Gasteiger partial charge on any atom is 0.321 e. The van der Waals surface area contributed by atoms with Crippen molar-refractivity contribution in [1.29, 1.82) is 0 Å². The molecule has 0 atom stereocenters. The number of nitrogens with zero attached hydrogens (tertiary/aromatic N) is 3. The van der Waals surface area contributed by atoms with E-state index in [1.165, 1.54) is 19.2 Å². The number of nitrogens with one attached hydrogen (secondary N) is 2. The number of anilines is 2. The van der Waals surface area contributed by atoms with Gasteiger partial charge in [-0.05, 0) is 36.4 Å². The summed E-state index contributed by atoms with van der Waals surface area (Å²) in [4.78, 5) is 49.9. The Hall–Kier alpha value is -4.15. The fourth-order valence-corrected chi connectivity index (χ4v) is 3.34. The molecule has 174 valence electrons. The highest BCUT2D eigenvalue weighted by molar-refractivity contribution is 5.95. The van der Waals surface area contributed by atoms with Gasteiger partial charge in [-0.15, -0.1) is 0 Å². The Bertz CT molecular complexity index is 1000. The number of nitro groups is 1. The summed E-state index contributed by atoms with van der Waals surface area (Å²) in [5.74, 6) is -0.721. The van der Waals surface area contributed by atoms with E-state index in [1.807, 2.05) is 0 Å². The van der Waals surface area contributed by atoms with Gasteiger partial charge in [-0.25, -0.2) is 4.79 Å². The van der Waals surface area contributed by atoms with Crippen molar-refractivity contribution in [2.45, 2.75) is 6.42 Å². The van der Waals surface area contributed by atoms with Gasteiger partial charge >= 0.3 is 12.0 Å². The van der Waals surface area contributed by atoms with Crippen LogP contribution in [0.5, 0.6) is 0 Å². The third-order valence-electron chi connectivity index (χ3n) is 5.23. The lowest BCUT2D eigenvalue weighted by atomic mass is 10.2. The molecular weight excluding hydrogens is 430 g/mol. The Kier molecular flexibility index (Phi) is 7.79. The zero-order valence-corrected chi connectivity index (χ0v) is 18.2. The van der Waals surface area contributed by atoms with Gasteiger partial charge in [0.25, 0.3) is 11.6 Å². The van der Waals surface area contributed by atoms with Gasteiger partial charge in [0.15, 0.2) is 0 Å². The summed E-state index contributed by atoms with van der Waals surface area (Å²) in [5, 5.41) is 16.2. The summed E-state index contributed by atoms with van der Waals surface area (Å²) in [7, 11) is 1.29. The van der Waals surface area contributed by atoms with Crippen molar-refractivity contribution < 1.29 is 24.0 Å². The van der Waals surface area contributed by atoms with Gasteiger partial charge in [-0.1, -0.05) is 0 Å². The van der Waals surface area contributed by atoms with Crippen LogP contribution in [0.25, 0.3) is 0 Å². The molecule has 2 aromatic carbocycles. The maximum absolute atomic E-state index is 12.6. The molecule has 2 aromatic rings. The van der Waals surface area contributed by atoms with Gasteiger partial charge in [-0.3, -0.25) is 19.7 Å². The summed E-state index contributed by atoms with van der Waals surface area (Å²) in [5.41, 5.74) is 1.89. The molecule has 0 aromatic heterocycles. The molecule has 3 rings (SSSR count). The molecule has 1 fully saturated rings. The van der Waals surface area contributed by atoms with Crippen LogP contribution in [0.1, 0.15) is 16.8 Å². The number of benzene rings is 2. The fourth-order valence-electron chi connectivity index (χ4n) is 3.34. The lowest BCUT2D eigenvalue weighted by molar-refractivity contribution is -0.384. The number of urea groups is 1. The third-order valence-corrected chi connectivity index (χ3v) is 5.23. The number of piperazine rings is 1. The van der Waals surface area contributed by atoms with Crippen LogP contribution in [0, 0.1) is 10.1 Å². The van der Waals surface area contributed by atoms with Crippen LogP contribution in [0.3, 0.4) is 0 Å². The molecule has 1 heterocycles. The molecule has 0 saturated carbocycles. The average molecular weight is 455 g/mol. The van der Waals surface area contributed by atoms with Gasteiger partial charge in [-0.2, -0.15) is 0 Å². The summed E-state index contributed by atoms with van der Waals surface area (Å²) in [6.07, 6.45) is 0.0911. The van der Waals surface area contributed by atoms with E-state index < -0.39 is 10.9 Å². The van der Waals surface area contributed by atoms with Crippen LogP contribution in [0.4, 0.5) is 21.9 Å². The Balaban J connectivity index is 1.46. The Labute approximate surface area is 190 Å². The predicted octanol–water partition coefficient (Wildman–Crippen LogP) is 2.24. The van der Waals surface area contributed by atoms with E-state index in [9.17, 15) is 24.5 Å². The lowest BCUT2D eigenvalue weighted by Crippen LogP contribution is -2.50. The van der Waals surface area contributed by atoms with Gasteiger partial charge in [0.2, 0.25) is 0 Å². The summed E-state index contributed by atoms with van der Waals surface area (Å²) < 4.78 is 4.52. The second kappa shape index (κ2) is 10.9. The SMILES string of the molecule is COC(=O)CCNC(=O)c1ccc(NC(=O)N2CCN(c3ccc([N+](=O)[O-])cc3)CC2)cc1. The van der Waals surface area contributed by atoms with Crippen LogP contribution in [0.2, 0.25) is 0 Å². The zero-order chi connectivity index (χ0) is 23.8. The molecule has 11 heteroatoms. The summed E-state index contributed by atoms with van der Waals surface area (Å²) in [6.45, 7) is 2.40. The minimum atomic E-state index is -0.434. The number of hydrogen-bond acceptors (Lipinski definition) is 7. The fraction of sp³-hybridized carbons (Fsp3) is 0.318. The zero-order valence-electron chi connectivity index (χ0n) is 18.2. The largest absolute Gasteiger partial charge is 0.469 e. The molecule has 0 spiro atoms. The van der Waals surface area contributed by atoms with E-state index in [0.29, 0.717) is 37.4 Å². The monoisotopic (exact) mass is 455 g/mol. The van der Waals surface area contributed by atoms with Crippen molar-refractivity contribution in [2.24, 2.45) is 0 Å². The van der Waals surface area contributed by atoms with Crippen LogP contribution in [0.15, 0.2) is 48.5 Å². The molecule has 0 radical (unpaired) electrons. The van der Waals surface area contributed by atoms with E-state index in [2.05, 4.69) is 20.3 Å². The number of amides is 3. The first kappa shape index (κ1) is 23.5. The molecule has 1 aliphatic rings. The molecule has 0 unspecified atom stereocenters. The number of non-ortho nitro benzene ring substituents is 1. The minimum absolute atomic E-state index is 0.0430. The Morgan fingerprint density at radius 1 is 1.00 bits per heavy atom. The normalized spacial score (nSPS) is 13.2. The highest BCUT2D eigenvalue weighted by atomic mass is 16.6. The number of esters is 1. The van der Waals surface area contributed by atoms with Crippen molar-refractivity contribution in [2.75, 3.05) is 50.1 Å². The van der Waals surface area contributed by atoms with Crippen molar-refractivity contribution >= 4 is 35.0 Å². The average Bonchev–Trinajstić information content (AvgIpc) is 2.84. The van der Waals surface area contributed by atoms with E-state index in [-0.39, 0.29) is 30.6 Å². The molecule has 1 aliphatic heterocycles. The van der Waals surface area contributed by atoms with Crippen molar-refractivity contribution in [3.8, 4) is 0 Å². The Morgan fingerprint density at radius 3 is 2.21 bits per heavy atom. The van der Waals surface area contributed by atoms with E-state index in [4.69, 9.17) is 0 Å². The van der Waals surface area contributed by atoms with Crippen LogP contribution in [-0.4, -0.2) is 67.6 Å². The van der Waals surface area contributed by atoms with Gasteiger partial charge in [0.05, 0.1) is 18.5 Å². The van der Waals surface area contributed by atoms with Crippen LogP contribution in [-0.2, 0) is 9.53 Å². The standard InChI is InChI=1S/C22H25N5O6/c1-33-20(28)10-11-23-21(29)16-2-4-17(5-3-16)24-22(30)26-14-12-25(13-15-26)18-6-8-19(9-7-18)27(31)32/h2-9H,10-15H2,1H3,(H,23,29)(H,24,30). The molecule has 0 bridgehead atoms. The minimum Gasteiger partial charge on any atom is -0.469 e. The number of carbonyl (C=O) groups is 3. The predicted molar refractivity (Wildman–Crippen MR) is 121 cm³/mol. The summed E-state index contributed by atoms with van der Waals surface area (Å²) in [6, 6.07) is 12.6. The second-order valence-corrected chi connectivity index (χ2v) is 7.34. The number of nitro benzene ring substituents is 1. The highest BCUT2D eigenvalue weighted by Gasteiger charge is 2.22. The highest BCUT2D eigenvalue weighted by Crippen LogP contribution is 2.21. The van der Waals surface area contributed by atoms with Gasteiger partial charge in [0.1, 0.15) is 0 Å². The topological polar surface area (TPSA) is 134 Å². The van der Waals surface area contributed by atoms with E-state index >= 15 is 0 Å². The van der Waals surface area contributed by atoms with Crippen molar-refractivity contribution in [3.63, 3.8) is 0 Å². The molecular formula is C22H25N5O6. The number of methoxy groups -OCH3 is 1. The van der Waals surface area contributed by atoms with Gasteiger partial charge in [0, 0.05) is 61.8 Å². The molecule has 33 heavy (non-hydrogen) atoms. The second-order valence-electron chi connectivity index (χ2n) is 7.34. The number of carbonyl (C=O) groups excluding carboxylic acids is 3. The molecule has 0 aliphatic carbocycles. The molecule has 3 amide bonds. The first-order valence-corrected chi connectivity index (χ1v) is 10.4. The third kappa shape index (κ3) is 6.42. The number of hydrogen-bond donors (Lipinski definition) is 2. The van der Waals surface area contributed by atoms with Gasteiger partial charge < -0.3 is 25.2 Å². The first-order valence-electron chi connectivity index (χ1n) is 10.4. The van der Waals surface area contributed by atoms with Crippen LogP contribution < -0.4 is 15.5 Å². The van der Waals surface area contributed by atoms with Crippen molar-refractivity contribution in [3.05, 3.63) is 64.2 Å². The number of ether oxygens (including phenoxy) is 1. The quantitative estimate of drug-likeness (QED) is 0.371. The molecule has 11 nitrogen and oxygen atoms in total. The van der Waals surface area contributed by atoms with E-state index in [0.717, 1.165) is 5.69 Å². The molecule has 2 N–H and O–H groups in total. The number of rotatable bonds is 7. The van der Waals surface area contributed by atoms with E-state index in [1.54, 1.807) is 41.3 Å². The lowest BCUT2D eigenvalue weighted by Gasteiger charge is -2.36. The Morgan fingerprint density at radius 2 is 1.64 bits per heavy atom.